The van der Waals surface area contributed by atoms with Crippen LogP contribution in [0.4, 0.5) is 0 Å². The van der Waals surface area contributed by atoms with Crippen molar-refractivity contribution < 1.29 is 19.1 Å². The van der Waals surface area contributed by atoms with E-state index in [-0.39, 0.29) is 11.8 Å². The highest BCUT2D eigenvalue weighted by Crippen LogP contribution is 2.25. The molecule has 0 spiro atoms. The van der Waals surface area contributed by atoms with E-state index in [0.717, 1.165) is 5.56 Å². The molecule has 21 heavy (non-hydrogen) atoms. The Morgan fingerprint density at radius 2 is 1.95 bits per heavy atom. The van der Waals surface area contributed by atoms with Crippen LogP contribution in [0.3, 0.4) is 0 Å². The standard InChI is InChI=1S/C15H20ClNO4/c1-9(2)14(18)17-12(15(19)21-4)8-10-5-6-13(20-3)11(16)7-10/h5-7,9,12H,8H2,1-4H3,(H,17,18)/t12-/m1/s1. The highest BCUT2D eigenvalue weighted by atomic mass is 35.5. The molecule has 1 aromatic carbocycles. The maximum atomic E-state index is 11.8. The van der Waals surface area contributed by atoms with Gasteiger partial charge in [0.15, 0.2) is 0 Å². The Morgan fingerprint density at radius 1 is 1.29 bits per heavy atom. The molecule has 1 amide bonds. The molecule has 1 rings (SSSR count). The molecule has 0 saturated heterocycles. The molecule has 0 saturated carbocycles. The second-order valence-corrected chi connectivity index (χ2v) is 5.32. The van der Waals surface area contributed by atoms with Crippen molar-refractivity contribution in [2.45, 2.75) is 26.3 Å². The van der Waals surface area contributed by atoms with Gasteiger partial charge in [-0.05, 0) is 17.7 Å². The van der Waals surface area contributed by atoms with Crippen molar-refractivity contribution in [1.82, 2.24) is 5.32 Å². The summed E-state index contributed by atoms with van der Waals surface area (Å²) in [7, 11) is 2.82. The predicted molar refractivity (Wildman–Crippen MR) is 80.5 cm³/mol. The molecule has 0 heterocycles. The summed E-state index contributed by atoms with van der Waals surface area (Å²) < 4.78 is 9.81. The van der Waals surface area contributed by atoms with Crippen LogP contribution in [-0.4, -0.2) is 32.1 Å². The normalized spacial score (nSPS) is 11.9. The number of benzene rings is 1. The van der Waals surface area contributed by atoms with Gasteiger partial charge in [0.05, 0.1) is 19.2 Å². The third kappa shape index (κ3) is 4.93. The van der Waals surface area contributed by atoms with Gasteiger partial charge in [-0.2, -0.15) is 0 Å². The number of amides is 1. The van der Waals surface area contributed by atoms with Crippen molar-refractivity contribution in [1.29, 1.82) is 0 Å². The fraction of sp³-hybridized carbons (Fsp3) is 0.467. The summed E-state index contributed by atoms with van der Waals surface area (Å²) >= 11 is 6.05. The molecule has 1 N–H and O–H groups in total. The number of methoxy groups -OCH3 is 2. The lowest BCUT2D eigenvalue weighted by molar-refractivity contribution is -0.145. The molecule has 0 bridgehead atoms. The monoisotopic (exact) mass is 313 g/mol. The van der Waals surface area contributed by atoms with Crippen LogP contribution in [0.25, 0.3) is 0 Å². The van der Waals surface area contributed by atoms with Crippen LogP contribution < -0.4 is 10.1 Å². The maximum absolute atomic E-state index is 11.8. The zero-order valence-corrected chi connectivity index (χ0v) is 13.4. The van der Waals surface area contributed by atoms with E-state index in [9.17, 15) is 9.59 Å². The first-order valence-corrected chi connectivity index (χ1v) is 6.97. The number of ether oxygens (including phenoxy) is 2. The van der Waals surface area contributed by atoms with Gasteiger partial charge in [-0.1, -0.05) is 31.5 Å². The van der Waals surface area contributed by atoms with Crippen molar-refractivity contribution >= 4 is 23.5 Å². The van der Waals surface area contributed by atoms with E-state index in [1.807, 2.05) is 0 Å². The number of esters is 1. The van der Waals surface area contributed by atoms with Gasteiger partial charge in [-0.3, -0.25) is 4.79 Å². The molecule has 0 aliphatic heterocycles. The summed E-state index contributed by atoms with van der Waals surface area (Å²) in [5, 5.41) is 3.13. The first kappa shape index (κ1) is 17.3. The quantitative estimate of drug-likeness (QED) is 0.818. The summed E-state index contributed by atoms with van der Waals surface area (Å²) in [6.45, 7) is 3.52. The molecule has 1 aromatic rings. The smallest absolute Gasteiger partial charge is 0.328 e. The molecule has 116 valence electrons. The van der Waals surface area contributed by atoms with Crippen LogP contribution in [-0.2, 0) is 20.7 Å². The lowest BCUT2D eigenvalue weighted by atomic mass is 10.0. The van der Waals surface area contributed by atoms with E-state index in [1.54, 1.807) is 32.0 Å². The molecule has 0 aliphatic rings. The Morgan fingerprint density at radius 3 is 2.43 bits per heavy atom. The van der Waals surface area contributed by atoms with E-state index >= 15 is 0 Å². The maximum Gasteiger partial charge on any atom is 0.328 e. The highest BCUT2D eigenvalue weighted by molar-refractivity contribution is 6.32. The molecule has 0 aromatic heterocycles. The molecule has 5 nitrogen and oxygen atoms in total. The van der Waals surface area contributed by atoms with E-state index in [1.165, 1.54) is 14.2 Å². The summed E-state index contributed by atoms with van der Waals surface area (Å²) in [6.07, 6.45) is 0.300. The van der Waals surface area contributed by atoms with Gasteiger partial charge < -0.3 is 14.8 Å². The summed E-state index contributed by atoms with van der Waals surface area (Å²) in [5.41, 5.74) is 0.806. The van der Waals surface area contributed by atoms with Crippen molar-refractivity contribution in [2.24, 2.45) is 5.92 Å². The number of rotatable bonds is 6. The zero-order chi connectivity index (χ0) is 16.0. The van der Waals surface area contributed by atoms with Gasteiger partial charge in [-0.15, -0.1) is 0 Å². The molecule has 0 aliphatic carbocycles. The zero-order valence-electron chi connectivity index (χ0n) is 12.6. The second kappa shape index (κ2) is 7.88. The SMILES string of the molecule is COC(=O)[C@@H](Cc1ccc(OC)c(Cl)c1)NC(=O)C(C)C. The number of hydrogen-bond donors (Lipinski definition) is 1. The van der Waals surface area contributed by atoms with Gasteiger partial charge in [0.25, 0.3) is 0 Å². The number of hydrogen-bond acceptors (Lipinski definition) is 4. The van der Waals surface area contributed by atoms with Crippen LogP contribution in [0.15, 0.2) is 18.2 Å². The van der Waals surface area contributed by atoms with Crippen molar-refractivity contribution in [2.75, 3.05) is 14.2 Å². The Hall–Kier alpha value is -1.75. The van der Waals surface area contributed by atoms with Crippen molar-refractivity contribution in [3.05, 3.63) is 28.8 Å². The van der Waals surface area contributed by atoms with Gasteiger partial charge >= 0.3 is 5.97 Å². The molecule has 1 atom stereocenters. The number of carbonyl (C=O) groups excluding carboxylic acids is 2. The Balaban J connectivity index is 2.88. The number of nitrogens with one attached hydrogen (secondary N) is 1. The van der Waals surface area contributed by atoms with Crippen LogP contribution in [0, 0.1) is 5.92 Å². The van der Waals surface area contributed by atoms with E-state index in [2.05, 4.69) is 5.32 Å². The molecule has 0 unspecified atom stereocenters. The largest absolute Gasteiger partial charge is 0.495 e. The molecule has 6 heteroatoms. The average Bonchev–Trinajstić information content (AvgIpc) is 2.45. The molecule has 0 fully saturated rings. The van der Waals surface area contributed by atoms with Gasteiger partial charge in [0.2, 0.25) is 5.91 Å². The summed E-state index contributed by atoms with van der Waals surface area (Å²) in [4.78, 5) is 23.6. The number of halogens is 1. The third-order valence-electron chi connectivity index (χ3n) is 2.98. The minimum Gasteiger partial charge on any atom is -0.495 e. The van der Waals surface area contributed by atoms with E-state index < -0.39 is 12.0 Å². The van der Waals surface area contributed by atoms with Gasteiger partial charge in [0.1, 0.15) is 11.8 Å². The van der Waals surface area contributed by atoms with Gasteiger partial charge in [-0.25, -0.2) is 4.79 Å². The second-order valence-electron chi connectivity index (χ2n) is 4.91. The van der Waals surface area contributed by atoms with Gasteiger partial charge in [0, 0.05) is 12.3 Å². The fourth-order valence-corrected chi connectivity index (χ4v) is 2.03. The van der Waals surface area contributed by atoms with Crippen molar-refractivity contribution in [3.63, 3.8) is 0 Å². The fourth-order valence-electron chi connectivity index (χ4n) is 1.75. The minimum atomic E-state index is -0.741. The Kier molecular flexibility index (Phi) is 6.49. The minimum absolute atomic E-state index is 0.204. The van der Waals surface area contributed by atoms with Crippen LogP contribution in [0.1, 0.15) is 19.4 Å². The first-order valence-electron chi connectivity index (χ1n) is 6.59. The van der Waals surface area contributed by atoms with E-state index in [4.69, 9.17) is 21.1 Å². The summed E-state index contributed by atoms with van der Waals surface area (Å²) in [6, 6.07) is 4.48. The summed E-state index contributed by atoms with van der Waals surface area (Å²) in [5.74, 6) is -0.348. The third-order valence-corrected chi connectivity index (χ3v) is 3.28. The Labute approximate surface area is 129 Å². The highest BCUT2D eigenvalue weighted by Gasteiger charge is 2.23. The molecule has 0 radical (unpaired) electrons. The van der Waals surface area contributed by atoms with Crippen LogP contribution in [0.2, 0.25) is 5.02 Å². The Bertz CT molecular complexity index is 516. The van der Waals surface area contributed by atoms with Crippen LogP contribution in [0.5, 0.6) is 5.75 Å². The predicted octanol–water partition coefficient (Wildman–Crippen LogP) is 2.20. The van der Waals surface area contributed by atoms with Crippen LogP contribution >= 0.6 is 11.6 Å². The lowest BCUT2D eigenvalue weighted by Gasteiger charge is -2.18. The average molecular weight is 314 g/mol. The van der Waals surface area contributed by atoms with E-state index in [0.29, 0.717) is 17.2 Å². The lowest BCUT2D eigenvalue weighted by Crippen LogP contribution is -2.44. The van der Waals surface area contributed by atoms with Crippen molar-refractivity contribution in [3.8, 4) is 5.75 Å². The topological polar surface area (TPSA) is 64.6 Å². The molecular weight excluding hydrogens is 294 g/mol. The number of carbonyl (C=O) groups is 2. The molecular formula is C15H20ClNO4. The first-order chi connectivity index (χ1) is 9.88.